The van der Waals surface area contributed by atoms with Crippen molar-refractivity contribution in [2.24, 2.45) is 0 Å². The Morgan fingerprint density at radius 1 is 1.45 bits per heavy atom. The molecule has 3 heterocycles. The van der Waals surface area contributed by atoms with E-state index >= 15 is 0 Å². The molecule has 1 N–H and O–H groups in total. The van der Waals surface area contributed by atoms with E-state index in [1.807, 2.05) is 11.3 Å². The first kappa shape index (κ1) is 14.1. The fourth-order valence-electron chi connectivity index (χ4n) is 3.54. The zero-order valence-electron chi connectivity index (χ0n) is 12.2. The van der Waals surface area contributed by atoms with Crippen LogP contribution < -0.4 is 5.32 Å². The van der Waals surface area contributed by atoms with Gasteiger partial charge in [0.05, 0.1) is 12.1 Å². The molecule has 1 fully saturated rings. The Labute approximate surface area is 125 Å². The highest BCUT2D eigenvalue weighted by Crippen LogP contribution is 2.35. The molecule has 110 valence electrons. The normalized spacial score (nSPS) is 26.9. The third kappa shape index (κ3) is 2.63. The van der Waals surface area contributed by atoms with Gasteiger partial charge in [-0.15, -0.1) is 11.3 Å². The van der Waals surface area contributed by atoms with Crippen LogP contribution in [0.5, 0.6) is 0 Å². The first-order valence-electron chi connectivity index (χ1n) is 7.91. The van der Waals surface area contributed by atoms with Gasteiger partial charge in [0.2, 0.25) is 5.91 Å². The number of hydrogen-bond donors (Lipinski definition) is 1. The molecule has 0 saturated carbocycles. The van der Waals surface area contributed by atoms with E-state index in [1.54, 1.807) is 0 Å². The van der Waals surface area contributed by atoms with Gasteiger partial charge in [-0.05, 0) is 49.2 Å². The lowest BCUT2D eigenvalue weighted by Gasteiger charge is -2.37. The first-order chi connectivity index (χ1) is 9.81. The molecule has 1 saturated heterocycles. The summed E-state index contributed by atoms with van der Waals surface area (Å²) < 4.78 is 0. The van der Waals surface area contributed by atoms with E-state index in [1.165, 1.54) is 29.7 Å². The second-order valence-corrected chi connectivity index (χ2v) is 6.86. The maximum absolute atomic E-state index is 12.9. The molecule has 2 atom stereocenters. The minimum atomic E-state index is 0.0479. The molecule has 2 aliphatic rings. The van der Waals surface area contributed by atoms with Gasteiger partial charge >= 0.3 is 0 Å². The molecule has 2 aliphatic heterocycles. The van der Waals surface area contributed by atoms with Crippen LogP contribution in [0.25, 0.3) is 0 Å². The quantitative estimate of drug-likeness (QED) is 0.908. The Balaban J connectivity index is 1.77. The van der Waals surface area contributed by atoms with Crippen molar-refractivity contribution in [2.45, 2.75) is 57.5 Å². The van der Waals surface area contributed by atoms with Gasteiger partial charge in [0.1, 0.15) is 0 Å². The number of nitrogens with zero attached hydrogens (tertiary/aromatic N) is 1. The molecular weight excluding hydrogens is 268 g/mol. The lowest BCUT2D eigenvalue weighted by Crippen LogP contribution is -2.49. The van der Waals surface area contributed by atoms with Crippen LogP contribution in [0.2, 0.25) is 0 Å². The molecule has 3 nitrogen and oxygen atoms in total. The molecule has 0 aliphatic carbocycles. The van der Waals surface area contributed by atoms with Gasteiger partial charge in [-0.3, -0.25) is 4.79 Å². The third-order valence-corrected chi connectivity index (χ3v) is 5.62. The van der Waals surface area contributed by atoms with E-state index in [0.717, 1.165) is 32.4 Å². The zero-order chi connectivity index (χ0) is 13.9. The smallest absolute Gasteiger partial charge is 0.240 e. The number of hydrogen-bond acceptors (Lipinski definition) is 3. The third-order valence-electron chi connectivity index (χ3n) is 4.62. The molecule has 20 heavy (non-hydrogen) atoms. The molecule has 0 spiro atoms. The van der Waals surface area contributed by atoms with Gasteiger partial charge in [-0.2, -0.15) is 0 Å². The number of fused-ring (bicyclic) bond motifs is 1. The number of nitrogens with one attached hydrogen (secondary N) is 1. The van der Waals surface area contributed by atoms with Crippen molar-refractivity contribution in [1.29, 1.82) is 0 Å². The van der Waals surface area contributed by atoms with Gasteiger partial charge in [0, 0.05) is 11.4 Å². The molecule has 1 aromatic heterocycles. The molecule has 1 aromatic rings. The fourth-order valence-corrected chi connectivity index (χ4v) is 4.47. The van der Waals surface area contributed by atoms with E-state index in [-0.39, 0.29) is 6.04 Å². The van der Waals surface area contributed by atoms with Crippen molar-refractivity contribution in [3.63, 3.8) is 0 Å². The van der Waals surface area contributed by atoms with E-state index in [9.17, 15) is 4.79 Å². The summed E-state index contributed by atoms with van der Waals surface area (Å²) in [5.74, 6) is 0.329. The highest BCUT2D eigenvalue weighted by molar-refractivity contribution is 7.10. The maximum atomic E-state index is 12.9. The SMILES string of the molecule is CCC1c2ccsc2CCN1C(=O)C1CCCCCN1. The summed E-state index contributed by atoms with van der Waals surface area (Å²) in [6.45, 7) is 4.08. The lowest BCUT2D eigenvalue weighted by molar-refractivity contribution is -0.136. The van der Waals surface area contributed by atoms with Crippen molar-refractivity contribution in [2.75, 3.05) is 13.1 Å². The van der Waals surface area contributed by atoms with Gasteiger partial charge in [-0.25, -0.2) is 0 Å². The van der Waals surface area contributed by atoms with Crippen LogP contribution in [0.15, 0.2) is 11.4 Å². The minimum absolute atomic E-state index is 0.0479. The average molecular weight is 292 g/mol. The number of carbonyl (C=O) groups excluding carboxylic acids is 1. The Bertz CT molecular complexity index is 463. The summed E-state index contributed by atoms with van der Waals surface area (Å²) in [4.78, 5) is 16.5. The number of thiophene rings is 1. The van der Waals surface area contributed by atoms with Gasteiger partial charge in [0.15, 0.2) is 0 Å². The molecule has 0 radical (unpaired) electrons. The molecule has 0 bridgehead atoms. The van der Waals surface area contributed by atoms with Crippen LogP contribution >= 0.6 is 11.3 Å². The van der Waals surface area contributed by atoms with Crippen LogP contribution in [-0.2, 0) is 11.2 Å². The standard InChI is InChI=1S/C16H24N2OS/c1-2-14-12-8-11-20-15(12)7-10-18(14)16(19)13-6-4-3-5-9-17-13/h8,11,13-14,17H,2-7,9-10H2,1H3. The Morgan fingerprint density at radius 3 is 3.20 bits per heavy atom. The summed E-state index contributed by atoms with van der Waals surface area (Å²) in [6, 6.07) is 2.56. The van der Waals surface area contributed by atoms with E-state index in [0.29, 0.717) is 11.9 Å². The summed E-state index contributed by atoms with van der Waals surface area (Å²) in [6.07, 6.45) is 6.68. The lowest BCUT2D eigenvalue weighted by atomic mass is 9.96. The largest absolute Gasteiger partial charge is 0.334 e. The second-order valence-electron chi connectivity index (χ2n) is 5.86. The summed E-state index contributed by atoms with van der Waals surface area (Å²) in [5, 5.41) is 5.62. The van der Waals surface area contributed by atoms with Gasteiger partial charge in [-0.1, -0.05) is 19.8 Å². The Kier molecular flexibility index (Phi) is 4.41. The van der Waals surface area contributed by atoms with Crippen LogP contribution in [0.4, 0.5) is 0 Å². The van der Waals surface area contributed by atoms with Crippen molar-refractivity contribution in [3.05, 3.63) is 21.9 Å². The van der Waals surface area contributed by atoms with Crippen molar-refractivity contribution in [3.8, 4) is 0 Å². The predicted molar refractivity (Wildman–Crippen MR) is 83.0 cm³/mol. The van der Waals surface area contributed by atoms with Gasteiger partial charge < -0.3 is 10.2 Å². The highest BCUT2D eigenvalue weighted by Gasteiger charge is 2.33. The van der Waals surface area contributed by atoms with Crippen molar-refractivity contribution < 1.29 is 4.79 Å². The van der Waals surface area contributed by atoms with Crippen LogP contribution in [-0.4, -0.2) is 29.9 Å². The van der Waals surface area contributed by atoms with Crippen molar-refractivity contribution in [1.82, 2.24) is 10.2 Å². The van der Waals surface area contributed by atoms with E-state index in [2.05, 4.69) is 28.6 Å². The molecule has 0 aromatic carbocycles. The summed E-state index contributed by atoms with van der Waals surface area (Å²) >= 11 is 1.84. The summed E-state index contributed by atoms with van der Waals surface area (Å²) in [7, 11) is 0. The topological polar surface area (TPSA) is 32.3 Å². The second kappa shape index (κ2) is 6.27. The zero-order valence-corrected chi connectivity index (χ0v) is 13.0. The van der Waals surface area contributed by atoms with E-state index in [4.69, 9.17) is 0 Å². The monoisotopic (exact) mass is 292 g/mol. The highest BCUT2D eigenvalue weighted by atomic mass is 32.1. The van der Waals surface area contributed by atoms with Crippen molar-refractivity contribution >= 4 is 17.2 Å². The maximum Gasteiger partial charge on any atom is 0.240 e. The van der Waals surface area contributed by atoms with Crippen LogP contribution in [0.1, 0.15) is 55.5 Å². The fraction of sp³-hybridized carbons (Fsp3) is 0.688. The Hall–Kier alpha value is -0.870. The van der Waals surface area contributed by atoms with Crippen LogP contribution in [0, 0.1) is 0 Å². The first-order valence-corrected chi connectivity index (χ1v) is 8.79. The number of rotatable bonds is 2. The van der Waals surface area contributed by atoms with E-state index < -0.39 is 0 Å². The molecule has 2 unspecified atom stereocenters. The van der Waals surface area contributed by atoms with Gasteiger partial charge in [0.25, 0.3) is 0 Å². The molecule has 1 amide bonds. The number of amides is 1. The Morgan fingerprint density at radius 2 is 2.35 bits per heavy atom. The molecule has 3 rings (SSSR count). The summed E-state index contributed by atoms with van der Waals surface area (Å²) in [5.41, 5.74) is 1.39. The number of carbonyl (C=O) groups is 1. The predicted octanol–water partition coefficient (Wildman–Crippen LogP) is 3.12. The average Bonchev–Trinajstić information content (AvgIpc) is 2.79. The minimum Gasteiger partial charge on any atom is -0.334 e. The molecular formula is C16H24N2OS. The van der Waals surface area contributed by atoms with Crippen LogP contribution in [0.3, 0.4) is 0 Å². The molecule has 4 heteroatoms.